The summed E-state index contributed by atoms with van der Waals surface area (Å²) in [6, 6.07) is 14.3. The lowest BCUT2D eigenvalue weighted by atomic mass is 10.1. The Balaban J connectivity index is 1.43. The molecular weight excluding hydrogens is 418 g/mol. The molecule has 0 atom stereocenters. The molecule has 31 heavy (non-hydrogen) atoms. The quantitative estimate of drug-likeness (QED) is 0.725. The third kappa shape index (κ3) is 5.07. The second kappa shape index (κ2) is 9.78. The first-order valence-corrected chi connectivity index (χ1v) is 11.9. The van der Waals surface area contributed by atoms with Gasteiger partial charge in [0.05, 0.1) is 36.9 Å². The Kier molecular flexibility index (Phi) is 6.86. The van der Waals surface area contributed by atoms with Crippen LogP contribution in [-0.2, 0) is 26.0 Å². The van der Waals surface area contributed by atoms with Crippen molar-refractivity contribution in [3.8, 4) is 0 Å². The van der Waals surface area contributed by atoms with E-state index in [0.29, 0.717) is 19.8 Å². The van der Waals surface area contributed by atoms with E-state index in [9.17, 15) is 13.2 Å². The minimum Gasteiger partial charge on any atom is -0.379 e. The molecule has 4 rings (SSSR count). The molecule has 1 amide bonds. The summed E-state index contributed by atoms with van der Waals surface area (Å²) in [5.41, 5.74) is 2.22. The number of sulfonamides is 1. The third-order valence-electron chi connectivity index (χ3n) is 5.49. The normalized spacial score (nSPS) is 18.0. The van der Waals surface area contributed by atoms with Crippen LogP contribution < -0.4 is 10.2 Å². The van der Waals surface area contributed by atoms with Crippen molar-refractivity contribution >= 4 is 21.6 Å². The highest BCUT2D eigenvalue weighted by atomic mass is 32.2. The van der Waals surface area contributed by atoms with Crippen molar-refractivity contribution in [2.24, 2.45) is 0 Å². The summed E-state index contributed by atoms with van der Waals surface area (Å²) >= 11 is 0. The summed E-state index contributed by atoms with van der Waals surface area (Å²) in [6.45, 7) is 4.78. The van der Waals surface area contributed by atoms with Gasteiger partial charge < -0.3 is 19.7 Å². The SMILES string of the molecule is O=C(NCc1ccc(N2CCOCC2)cc1)c1ccccc1S(=O)(=O)N1CCOCC1. The number of hydrogen-bond acceptors (Lipinski definition) is 6. The first-order valence-electron chi connectivity index (χ1n) is 10.4. The fourth-order valence-electron chi connectivity index (χ4n) is 3.73. The van der Waals surface area contributed by atoms with Crippen molar-refractivity contribution < 1.29 is 22.7 Å². The number of amides is 1. The van der Waals surface area contributed by atoms with Crippen LogP contribution in [0.1, 0.15) is 15.9 Å². The number of hydrogen-bond donors (Lipinski definition) is 1. The summed E-state index contributed by atoms with van der Waals surface area (Å²) in [7, 11) is -3.76. The second-order valence-corrected chi connectivity index (χ2v) is 9.37. The van der Waals surface area contributed by atoms with Gasteiger partial charge in [0.25, 0.3) is 5.91 Å². The Hall–Kier alpha value is -2.46. The van der Waals surface area contributed by atoms with Gasteiger partial charge in [-0.15, -0.1) is 0 Å². The molecule has 2 heterocycles. The molecule has 0 spiro atoms. The average molecular weight is 446 g/mol. The van der Waals surface area contributed by atoms with Gasteiger partial charge in [-0.3, -0.25) is 4.79 Å². The van der Waals surface area contributed by atoms with Crippen LogP contribution in [0.25, 0.3) is 0 Å². The molecule has 8 nitrogen and oxygen atoms in total. The molecule has 2 fully saturated rings. The minimum absolute atomic E-state index is 0.0251. The molecule has 0 radical (unpaired) electrons. The number of anilines is 1. The Morgan fingerprint density at radius 1 is 0.871 bits per heavy atom. The molecule has 0 bridgehead atoms. The molecule has 2 aliphatic rings. The molecule has 2 aromatic carbocycles. The summed E-state index contributed by atoms with van der Waals surface area (Å²) in [4.78, 5) is 15.1. The van der Waals surface area contributed by atoms with Gasteiger partial charge in [-0.1, -0.05) is 24.3 Å². The van der Waals surface area contributed by atoms with Crippen LogP contribution in [0, 0.1) is 0 Å². The predicted octanol–water partition coefficient (Wildman–Crippen LogP) is 1.47. The van der Waals surface area contributed by atoms with Gasteiger partial charge in [-0.25, -0.2) is 8.42 Å². The van der Waals surface area contributed by atoms with Crippen LogP contribution in [0.5, 0.6) is 0 Å². The summed E-state index contributed by atoms with van der Waals surface area (Å²) in [5.74, 6) is -0.412. The lowest BCUT2D eigenvalue weighted by Crippen LogP contribution is -2.41. The van der Waals surface area contributed by atoms with Crippen molar-refractivity contribution in [2.75, 3.05) is 57.5 Å². The molecule has 1 N–H and O–H groups in total. The van der Waals surface area contributed by atoms with Gasteiger partial charge >= 0.3 is 0 Å². The number of nitrogens with zero attached hydrogens (tertiary/aromatic N) is 2. The lowest BCUT2D eigenvalue weighted by Gasteiger charge is -2.29. The number of rotatable bonds is 6. The smallest absolute Gasteiger partial charge is 0.252 e. The van der Waals surface area contributed by atoms with E-state index < -0.39 is 15.9 Å². The Morgan fingerprint density at radius 2 is 1.48 bits per heavy atom. The molecule has 166 valence electrons. The van der Waals surface area contributed by atoms with Gasteiger partial charge in [0.1, 0.15) is 0 Å². The first kappa shape index (κ1) is 21.8. The van der Waals surface area contributed by atoms with Crippen molar-refractivity contribution in [3.63, 3.8) is 0 Å². The van der Waals surface area contributed by atoms with E-state index in [4.69, 9.17) is 9.47 Å². The van der Waals surface area contributed by atoms with E-state index in [0.717, 1.165) is 37.6 Å². The van der Waals surface area contributed by atoms with Gasteiger partial charge in [0.2, 0.25) is 10.0 Å². The minimum atomic E-state index is -3.76. The third-order valence-corrected chi connectivity index (χ3v) is 7.44. The summed E-state index contributed by atoms with van der Waals surface area (Å²) in [5, 5.41) is 2.85. The van der Waals surface area contributed by atoms with E-state index in [-0.39, 0.29) is 23.5 Å². The van der Waals surface area contributed by atoms with Crippen LogP contribution >= 0.6 is 0 Å². The van der Waals surface area contributed by atoms with Crippen LogP contribution in [0.3, 0.4) is 0 Å². The molecule has 2 aliphatic heterocycles. The standard InChI is InChI=1S/C22H27N3O5S/c26-22(23-17-18-5-7-19(8-6-18)24-9-13-29-14-10-24)20-3-1-2-4-21(20)31(27,28)25-11-15-30-16-12-25/h1-8H,9-17H2,(H,23,26). The Morgan fingerprint density at radius 3 is 2.16 bits per heavy atom. The van der Waals surface area contributed by atoms with Crippen LogP contribution in [0.4, 0.5) is 5.69 Å². The number of nitrogens with one attached hydrogen (secondary N) is 1. The van der Waals surface area contributed by atoms with E-state index in [1.54, 1.807) is 18.2 Å². The zero-order valence-electron chi connectivity index (χ0n) is 17.3. The first-order chi connectivity index (χ1) is 15.1. The van der Waals surface area contributed by atoms with Gasteiger partial charge in [-0.05, 0) is 29.8 Å². The lowest BCUT2D eigenvalue weighted by molar-refractivity contribution is 0.0730. The fourth-order valence-corrected chi connectivity index (χ4v) is 5.33. The van der Waals surface area contributed by atoms with Crippen molar-refractivity contribution in [1.82, 2.24) is 9.62 Å². The van der Waals surface area contributed by atoms with Crippen LogP contribution in [0.15, 0.2) is 53.4 Å². The number of morpholine rings is 2. The Labute approximate surface area is 182 Å². The van der Waals surface area contributed by atoms with E-state index in [2.05, 4.69) is 10.2 Å². The number of ether oxygens (including phenoxy) is 2. The van der Waals surface area contributed by atoms with E-state index >= 15 is 0 Å². The predicted molar refractivity (Wildman–Crippen MR) is 117 cm³/mol. The highest BCUT2D eigenvalue weighted by Crippen LogP contribution is 2.22. The van der Waals surface area contributed by atoms with E-state index in [1.165, 1.54) is 10.4 Å². The number of carbonyl (C=O) groups excluding carboxylic acids is 1. The second-order valence-electron chi connectivity index (χ2n) is 7.46. The van der Waals surface area contributed by atoms with Gasteiger partial charge in [0, 0.05) is 38.4 Å². The van der Waals surface area contributed by atoms with Crippen LogP contribution in [0.2, 0.25) is 0 Å². The largest absolute Gasteiger partial charge is 0.379 e. The number of carbonyl (C=O) groups is 1. The monoisotopic (exact) mass is 445 g/mol. The van der Waals surface area contributed by atoms with Crippen molar-refractivity contribution in [1.29, 1.82) is 0 Å². The molecule has 2 saturated heterocycles. The zero-order valence-corrected chi connectivity index (χ0v) is 18.1. The summed E-state index contributed by atoms with van der Waals surface area (Å²) in [6.07, 6.45) is 0. The molecule has 0 saturated carbocycles. The zero-order chi connectivity index (χ0) is 21.7. The van der Waals surface area contributed by atoms with Crippen molar-refractivity contribution in [3.05, 3.63) is 59.7 Å². The maximum atomic E-state index is 13.1. The molecule has 2 aromatic rings. The molecule has 0 aromatic heterocycles. The number of benzene rings is 2. The molecular formula is C22H27N3O5S. The van der Waals surface area contributed by atoms with Crippen molar-refractivity contribution in [2.45, 2.75) is 11.4 Å². The molecule has 0 aliphatic carbocycles. The van der Waals surface area contributed by atoms with E-state index in [1.807, 2.05) is 24.3 Å². The molecule has 0 unspecified atom stereocenters. The van der Waals surface area contributed by atoms with Gasteiger partial charge in [0.15, 0.2) is 0 Å². The topological polar surface area (TPSA) is 88.2 Å². The maximum absolute atomic E-state index is 13.1. The fraction of sp³-hybridized carbons (Fsp3) is 0.409. The summed E-state index contributed by atoms with van der Waals surface area (Å²) < 4.78 is 38.1. The van der Waals surface area contributed by atoms with Gasteiger partial charge in [-0.2, -0.15) is 4.31 Å². The van der Waals surface area contributed by atoms with Crippen LogP contribution in [-0.4, -0.2) is 71.2 Å². The molecule has 9 heteroatoms. The maximum Gasteiger partial charge on any atom is 0.252 e. The highest BCUT2D eigenvalue weighted by Gasteiger charge is 2.30. The highest BCUT2D eigenvalue weighted by molar-refractivity contribution is 7.89. The Bertz CT molecular complexity index is 998. The average Bonchev–Trinajstić information content (AvgIpc) is 2.84.